The van der Waals surface area contributed by atoms with Gasteiger partial charge in [0.2, 0.25) is 0 Å². The normalized spacial score (nSPS) is 15.0. The minimum Gasteiger partial charge on any atom is -0.459 e. The molecule has 2 unspecified atom stereocenters. The highest BCUT2D eigenvalue weighted by molar-refractivity contribution is 5.87. The molecule has 0 aliphatic heterocycles. The molecule has 0 amide bonds. The maximum absolute atomic E-state index is 11.2. The van der Waals surface area contributed by atoms with E-state index in [0.29, 0.717) is 17.4 Å². The van der Waals surface area contributed by atoms with E-state index in [4.69, 9.17) is 4.74 Å². The van der Waals surface area contributed by atoms with Crippen molar-refractivity contribution in [2.24, 2.45) is 11.8 Å². The number of ether oxygens (including phenoxy) is 1. The van der Waals surface area contributed by atoms with Crippen LogP contribution < -0.4 is 0 Å². The zero-order valence-corrected chi connectivity index (χ0v) is 9.96. The Bertz CT molecular complexity index is 206. The second kappa shape index (κ2) is 5.84. The number of hydrogen-bond acceptors (Lipinski definition) is 2. The lowest BCUT2D eigenvalue weighted by atomic mass is 9.92. The molecule has 0 bridgehead atoms. The van der Waals surface area contributed by atoms with Gasteiger partial charge >= 0.3 is 5.97 Å². The first-order valence-corrected chi connectivity index (χ1v) is 5.21. The summed E-state index contributed by atoms with van der Waals surface area (Å²) < 4.78 is 5.19. The molecular weight excluding hydrogens is 176 g/mol. The second-order valence-electron chi connectivity index (χ2n) is 4.45. The topological polar surface area (TPSA) is 26.3 Å². The predicted molar refractivity (Wildman–Crippen MR) is 59.0 cm³/mol. The molecule has 0 heterocycles. The fourth-order valence-corrected chi connectivity index (χ4v) is 1.13. The van der Waals surface area contributed by atoms with Crippen molar-refractivity contribution in [3.05, 3.63) is 12.2 Å². The van der Waals surface area contributed by atoms with E-state index in [1.807, 2.05) is 6.92 Å². The fraction of sp³-hybridized carbons (Fsp3) is 0.750. The molecule has 0 saturated heterocycles. The molecule has 2 heteroatoms. The van der Waals surface area contributed by atoms with Gasteiger partial charge in [0.15, 0.2) is 0 Å². The summed E-state index contributed by atoms with van der Waals surface area (Å²) in [4.78, 5) is 11.2. The third-order valence-corrected chi connectivity index (χ3v) is 2.50. The second-order valence-corrected chi connectivity index (χ2v) is 4.45. The first-order chi connectivity index (χ1) is 6.34. The van der Waals surface area contributed by atoms with Gasteiger partial charge in [-0.3, -0.25) is 0 Å². The highest BCUT2D eigenvalue weighted by Gasteiger charge is 2.15. The summed E-state index contributed by atoms with van der Waals surface area (Å²) >= 11 is 0. The lowest BCUT2D eigenvalue weighted by Crippen LogP contribution is -2.19. The van der Waals surface area contributed by atoms with Gasteiger partial charge in [0.05, 0.1) is 6.10 Å². The van der Waals surface area contributed by atoms with Crippen LogP contribution in [0.2, 0.25) is 0 Å². The average Bonchev–Trinajstić information content (AvgIpc) is 2.03. The van der Waals surface area contributed by atoms with Crippen LogP contribution in [-0.4, -0.2) is 12.1 Å². The van der Waals surface area contributed by atoms with Crippen molar-refractivity contribution in [2.75, 3.05) is 0 Å². The zero-order valence-electron chi connectivity index (χ0n) is 9.96. The fourth-order valence-electron chi connectivity index (χ4n) is 1.13. The first kappa shape index (κ1) is 13.2. The molecule has 14 heavy (non-hydrogen) atoms. The Balaban J connectivity index is 3.92. The Hall–Kier alpha value is -0.790. The molecule has 0 spiro atoms. The minimum absolute atomic E-state index is 0.0170. The van der Waals surface area contributed by atoms with Crippen LogP contribution in [0.1, 0.15) is 41.0 Å². The SMILES string of the molecule is C=C(C)C(=O)OC(C)CC(C)C(C)C. The van der Waals surface area contributed by atoms with E-state index in [-0.39, 0.29) is 12.1 Å². The van der Waals surface area contributed by atoms with Gasteiger partial charge in [0.25, 0.3) is 0 Å². The van der Waals surface area contributed by atoms with Crippen molar-refractivity contribution in [3.63, 3.8) is 0 Å². The molecule has 0 aliphatic rings. The predicted octanol–water partition coefficient (Wildman–Crippen LogP) is 3.18. The molecule has 0 aliphatic carbocycles. The van der Waals surface area contributed by atoms with Gasteiger partial charge in [-0.2, -0.15) is 0 Å². The molecule has 82 valence electrons. The monoisotopic (exact) mass is 198 g/mol. The maximum Gasteiger partial charge on any atom is 0.333 e. The van der Waals surface area contributed by atoms with Gasteiger partial charge < -0.3 is 4.74 Å². The van der Waals surface area contributed by atoms with Crippen molar-refractivity contribution in [3.8, 4) is 0 Å². The third kappa shape index (κ3) is 5.05. The Kier molecular flexibility index (Phi) is 5.51. The van der Waals surface area contributed by atoms with Gasteiger partial charge in [-0.1, -0.05) is 27.4 Å². The van der Waals surface area contributed by atoms with E-state index in [9.17, 15) is 4.79 Å². The van der Waals surface area contributed by atoms with Crippen LogP contribution in [-0.2, 0) is 9.53 Å². The summed E-state index contributed by atoms with van der Waals surface area (Å²) in [6.45, 7) is 13.7. The van der Waals surface area contributed by atoms with Crippen LogP contribution in [0.3, 0.4) is 0 Å². The Morgan fingerprint density at radius 2 is 1.79 bits per heavy atom. The Labute approximate surface area is 87.3 Å². The van der Waals surface area contributed by atoms with E-state index in [2.05, 4.69) is 27.4 Å². The number of rotatable bonds is 5. The largest absolute Gasteiger partial charge is 0.459 e. The lowest BCUT2D eigenvalue weighted by molar-refractivity contribution is -0.144. The number of esters is 1. The molecule has 0 aromatic rings. The Morgan fingerprint density at radius 3 is 2.14 bits per heavy atom. The van der Waals surface area contributed by atoms with E-state index in [0.717, 1.165) is 6.42 Å². The van der Waals surface area contributed by atoms with Crippen LogP contribution in [0.25, 0.3) is 0 Å². The smallest absolute Gasteiger partial charge is 0.333 e. The van der Waals surface area contributed by atoms with Gasteiger partial charge in [0, 0.05) is 5.57 Å². The summed E-state index contributed by atoms with van der Waals surface area (Å²) in [5, 5.41) is 0. The summed E-state index contributed by atoms with van der Waals surface area (Å²) in [5.74, 6) is 0.914. The van der Waals surface area contributed by atoms with Gasteiger partial charge in [-0.15, -0.1) is 0 Å². The van der Waals surface area contributed by atoms with E-state index in [1.165, 1.54) is 0 Å². The van der Waals surface area contributed by atoms with Crippen LogP contribution in [0, 0.1) is 11.8 Å². The summed E-state index contributed by atoms with van der Waals surface area (Å²) in [6.07, 6.45) is 0.896. The van der Waals surface area contributed by atoms with Crippen molar-refractivity contribution < 1.29 is 9.53 Å². The van der Waals surface area contributed by atoms with Gasteiger partial charge in [-0.25, -0.2) is 4.79 Å². The van der Waals surface area contributed by atoms with Crippen LogP contribution in [0.15, 0.2) is 12.2 Å². The molecule has 0 aromatic carbocycles. The van der Waals surface area contributed by atoms with Gasteiger partial charge in [-0.05, 0) is 32.1 Å². The summed E-state index contributed by atoms with van der Waals surface area (Å²) in [5.41, 5.74) is 0.467. The molecule has 0 aromatic heterocycles. The number of carbonyl (C=O) groups excluding carboxylic acids is 1. The average molecular weight is 198 g/mol. The maximum atomic E-state index is 11.2. The molecule has 0 N–H and O–H groups in total. The van der Waals surface area contributed by atoms with E-state index in [1.54, 1.807) is 6.92 Å². The quantitative estimate of drug-likeness (QED) is 0.501. The van der Waals surface area contributed by atoms with Crippen molar-refractivity contribution in [1.82, 2.24) is 0 Å². The zero-order chi connectivity index (χ0) is 11.3. The first-order valence-electron chi connectivity index (χ1n) is 5.21. The highest BCUT2D eigenvalue weighted by Crippen LogP contribution is 2.17. The molecular formula is C12H22O2. The molecule has 0 fully saturated rings. The lowest BCUT2D eigenvalue weighted by Gasteiger charge is -2.20. The minimum atomic E-state index is -0.284. The Morgan fingerprint density at radius 1 is 1.29 bits per heavy atom. The third-order valence-electron chi connectivity index (χ3n) is 2.50. The standard InChI is InChI=1S/C12H22O2/c1-8(2)10(5)7-11(6)14-12(13)9(3)4/h8,10-11H,3,7H2,1-2,4-6H3. The molecule has 0 radical (unpaired) electrons. The van der Waals surface area contributed by atoms with Crippen molar-refractivity contribution in [1.29, 1.82) is 0 Å². The van der Waals surface area contributed by atoms with Gasteiger partial charge in [0.1, 0.15) is 0 Å². The summed E-state index contributed by atoms with van der Waals surface area (Å²) in [7, 11) is 0. The van der Waals surface area contributed by atoms with Crippen molar-refractivity contribution >= 4 is 5.97 Å². The summed E-state index contributed by atoms with van der Waals surface area (Å²) in [6, 6.07) is 0. The molecule has 2 nitrogen and oxygen atoms in total. The molecule has 0 rings (SSSR count). The van der Waals surface area contributed by atoms with Crippen LogP contribution in [0.5, 0.6) is 0 Å². The van der Waals surface area contributed by atoms with Crippen LogP contribution >= 0.6 is 0 Å². The van der Waals surface area contributed by atoms with Crippen molar-refractivity contribution in [2.45, 2.75) is 47.1 Å². The van der Waals surface area contributed by atoms with Crippen LogP contribution in [0.4, 0.5) is 0 Å². The van der Waals surface area contributed by atoms with E-state index < -0.39 is 0 Å². The highest BCUT2D eigenvalue weighted by atomic mass is 16.5. The number of carbonyl (C=O) groups is 1. The molecule has 0 saturated carbocycles. The number of hydrogen-bond donors (Lipinski definition) is 0. The van der Waals surface area contributed by atoms with E-state index >= 15 is 0 Å². The molecule has 2 atom stereocenters.